The Morgan fingerprint density at radius 1 is 1.20 bits per heavy atom. The van der Waals surface area contributed by atoms with Crippen molar-refractivity contribution in [2.75, 3.05) is 32.3 Å². The van der Waals surface area contributed by atoms with E-state index in [-0.39, 0.29) is 18.6 Å². The number of hydrogen-bond acceptors (Lipinski definition) is 7. The van der Waals surface area contributed by atoms with E-state index < -0.39 is 7.60 Å². The maximum atomic E-state index is 13.0. The molecule has 9 heteroatoms. The van der Waals surface area contributed by atoms with E-state index in [0.717, 1.165) is 11.3 Å². The topological polar surface area (TPSA) is 88.6 Å². The molecular weight excluding hydrogens is 361 g/mol. The summed E-state index contributed by atoms with van der Waals surface area (Å²) in [4.78, 5) is 4.43. The molecule has 0 aliphatic rings. The zero-order chi connectivity index (χ0) is 18.4. The molecule has 0 atom stereocenters. The summed E-state index contributed by atoms with van der Waals surface area (Å²) in [6.45, 7) is 4.50. The van der Waals surface area contributed by atoms with Gasteiger partial charge in [0.05, 0.1) is 26.9 Å². The third kappa shape index (κ3) is 4.39. The van der Waals surface area contributed by atoms with Gasteiger partial charge in [-0.2, -0.15) is 0 Å². The molecule has 2 rings (SSSR count). The number of imidazole rings is 1. The van der Waals surface area contributed by atoms with Crippen LogP contribution in [-0.4, -0.2) is 36.1 Å². The van der Waals surface area contributed by atoms with Gasteiger partial charge in [0.1, 0.15) is 11.6 Å². The molecule has 0 saturated heterocycles. The average molecular weight is 385 g/mol. The van der Waals surface area contributed by atoms with Gasteiger partial charge in [0.15, 0.2) is 10.6 Å². The number of methoxy groups -OCH3 is 1. The van der Waals surface area contributed by atoms with Crippen LogP contribution in [0, 0.1) is 0 Å². The van der Waals surface area contributed by atoms with Crippen molar-refractivity contribution in [3.63, 3.8) is 0 Å². The van der Waals surface area contributed by atoms with Gasteiger partial charge in [-0.15, -0.1) is 0 Å². The molecule has 2 N–H and O–H groups in total. The van der Waals surface area contributed by atoms with Crippen molar-refractivity contribution in [2.24, 2.45) is 0 Å². The Morgan fingerprint density at radius 3 is 2.28 bits per heavy atom. The van der Waals surface area contributed by atoms with E-state index in [1.807, 2.05) is 35.1 Å². The van der Waals surface area contributed by atoms with Gasteiger partial charge < -0.3 is 24.1 Å². The first-order chi connectivity index (χ1) is 12.0. The molecule has 1 aromatic carbocycles. The molecule has 25 heavy (non-hydrogen) atoms. The van der Waals surface area contributed by atoms with Crippen molar-refractivity contribution in [3.05, 3.63) is 29.8 Å². The molecular formula is C16H24N3O4PS. The molecule has 1 aromatic heterocycles. The highest BCUT2D eigenvalue weighted by Crippen LogP contribution is 2.48. The first-order valence-corrected chi connectivity index (χ1v) is 10.7. The predicted octanol–water partition coefficient (Wildman–Crippen LogP) is 3.14. The lowest BCUT2D eigenvalue weighted by Gasteiger charge is -2.15. The van der Waals surface area contributed by atoms with Crippen molar-refractivity contribution in [1.29, 1.82) is 0 Å². The summed E-state index contributed by atoms with van der Waals surface area (Å²) < 4.78 is 30.8. The van der Waals surface area contributed by atoms with Gasteiger partial charge in [-0.05, 0) is 37.8 Å². The number of nitrogens with zero attached hydrogens (tertiary/aromatic N) is 2. The lowest BCUT2D eigenvalue weighted by atomic mass is 10.2. The van der Waals surface area contributed by atoms with Crippen molar-refractivity contribution in [1.82, 2.24) is 9.55 Å². The first kappa shape index (κ1) is 19.8. The Bertz CT molecular complexity index is 739. The van der Waals surface area contributed by atoms with Crippen LogP contribution in [0.15, 0.2) is 29.4 Å². The number of ether oxygens (including phenoxy) is 1. The van der Waals surface area contributed by atoms with E-state index in [1.165, 1.54) is 11.8 Å². The lowest BCUT2D eigenvalue weighted by Crippen LogP contribution is -2.17. The van der Waals surface area contributed by atoms with Crippen molar-refractivity contribution in [3.8, 4) is 5.75 Å². The highest BCUT2D eigenvalue weighted by molar-refractivity contribution is 7.98. The van der Waals surface area contributed by atoms with E-state index in [9.17, 15) is 4.57 Å². The molecule has 0 unspecified atom stereocenters. The Labute approximate surface area is 152 Å². The number of nitrogen functional groups attached to an aromatic ring is 1. The van der Waals surface area contributed by atoms with E-state index in [2.05, 4.69) is 4.98 Å². The van der Waals surface area contributed by atoms with Gasteiger partial charge in [0.25, 0.3) is 0 Å². The van der Waals surface area contributed by atoms with Gasteiger partial charge in [-0.3, -0.25) is 4.57 Å². The molecule has 0 aliphatic heterocycles. The normalized spacial score (nSPS) is 11.7. The standard InChI is InChI=1S/C16H24N3O4PS/c1-5-22-24(20,23-6-2)15-14(17)19(16(18-15)25-4)11-12-7-9-13(21-3)10-8-12/h7-10H,5-6,11,17H2,1-4H3. The summed E-state index contributed by atoms with van der Waals surface area (Å²) in [5, 5.41) is 0.656. The summed E-state index contributed by atoms with van der Waals surface area (Å²) in [6.07, 6.45) is 1.89. The predicted molar refractivity (Wildman–Crippen MR) is 101 cm³/mol. The Balaban J connectivity index is 2.41. The molecule has 0 aliphatic carbocycles. The van der Waals surface area contributed by atoms with Crippen LogP contribution in [0.1, 0.15) is 19.4 Å². The second-order valence-corrected chi connectivity index (χ2v) is 7.78. The summed E-state index contributed by atoms with van der Waals surface area (Å²) in [5.74, 6) is 1.08. The molecule has 1 heterocycles. The average Bonchev–Trinajstić information content (AvgIpc) is 2.93. The van der Waals surface area contributed by atoms with Gasteiger partial charge >= 0.3 is 7.60 Å². The molecule has 0 amide bonds. The van der Waals surface area contributed by atoms with Crippen LogP contribution >= 0.6 is 19.4 Å². The van der Waals surface area contributed by atoms with E-state index in [0.29, 0.717) is 17.5 Å². The van der Waals surface area contributed by atoms with Crippen molar-refractivity contribution in [2.45, 2.75) is 25.5 Å². The Hall–Kier alpha value is -1.47. The maximum Gasteiger partial charge on any atom is 0.383 e. The van der Waals surface area contributed by atoms with Gasteiger partial charge in [-0.1, -0.05) is 23.9 Å². The third-order valence-corrected chi connectivity index (χ3v) is 6.21. The van der Waals surface area contributed by atoms with Crippen LogP contribution in [0.2, 0.25) is 0 Å². The zero-order valence-corrected chi connectivity index (χ0v) is 16.6. The summed E-state index contributed by atoms with van der Waals surface area (Å²) in [5.41, 5.74) is 7.46. The van der Waals surface area contributed by atoms with E-state index >= 15 is 0 Å². The molecule has 0 saturated carbocycles. The number of thioether (sulfide) groups is 1. The zero-order valence-electron chi connectivity index (χ0n) is 14.9. The van der Waals surface area contributed by atoms with Crippen LogP contribution in [0.4, 0.5) is 5.82 Å². The smallest absolute Gasteiger partial charge is 0.383 e. The number of rotatable bonds is 9. The number of anilines is 1. The number of aromatic nitrogens is 2. The summed E-state index contributed by atoms with van der Waals surface area (Å²) in [7, 11) is -1.91. The molecule has 2 aromatic rings. The van der Waals surface area contributed by atoms with Crippen LogP contribution in [-0.2, 0) is 20.2 Å². The molecule has 0 spiro atoms. The van der Waals surface area contributed by atoms with Gasteiger partial charge in [0.2, 0.25) is 0 Å². The first-order valence-electron chi connectivity index (χ1n) is 7.91. The highest BCUT2D eigenvalue weighted by atomic mass is 32.2. The Morgan fingerprint density at radius 2 is 1.80 bits per heavy atom. The van der Waals surface area contributed by atoms with Crippen LogP contribution in [0.3, 0.4) is 0 Å². The number of nitrogens with two attached hydrogens (primary N) is 1. The second-order valence-electron chi connectivity index (χ2n) is 5.07. The fourth-order valence-corrected chi connectivity index (χ4v) is 4.61. The van der Waals surface area contributed by atoms with Crippen LogP contribution < -0.4 is 15.9 Å². The molecule has 7 nitrogen and oxygen atoms in total. The van der Waals surface area contributed by atoms with Gasteiger partial charge in [0, 0.05) is 0 Å². The largest absolute Gasteiger partial charge is 0.497 e. The lowest BCUT2D eigenvalue weighted by molar-refractivity contribution is 0.229. The minimum Gasteiger partial charge on any atom is -0.497 e. The van der Waals surface area contributed by atoms with Gasteiger partial charge in [-0.25, -0.2) is 4.98 Å². The summed E-state index contributed by atoms with van der Waals surface area (Å²) in [6, 6.07) is 7.67. The minimum absolute atomic E-state index is 0.175. The second kappa shape index (κ2) is 8.76. The Kier molecular flexibility index (Phi) is 6.95. The summed E-state index contributed by atoms with van der Waals surface area (Å²) >= 11 is 1.42. The van der Waals surface area contributed by atoms with E-state index in [1.54, 1.807) is 21.0 Å². The fourth-order valence-electron chi connectivity index (χ4n) is 2.36. The minimum atomic E-state index is -3.54. The monoisotopic (exact) mass is 385 g/mol. The van der Waals surface area contributed by atoms with Crippen molar-refractivity contribution < 1.29 is 18.3 Å². The SMILES string of the molecule is CCOP(=O)(OCC)c1nc(SC)n(Cc2ccc(OC)cc2)c1N. The molecule has 0 radical (unpaired) electrons. The number of benzene rings is 1. The number of hydrogen-bond donors (Lipinski definition) is 1. The highest BCUT2D eigenvalue weighted by Gasteiger charge is 2.34. The quantitative estimate of drug-likeness (QED) is 0.524. The maximum absolute atomic E-state index is 13.0. The van der Waals surface area contributed by atoms with Crippen molar-refractivity contribution >= 4 is 30.6 Å². The molecule has 0 bridgehead atoms. The molecule has 138 valence electrons. The fraction of sp³-hybridized carbons (Fsp3) is 0.438. The van der Waals surface area contributed by atoms with Crippen LogP contribution in [0.25, 0.3) is 0 Å². The van der Waals surface area contributed by atoms with Crippen LogP contribution in [0.5, 0.6) is 5.75 Å². The molecule has 0 fully saturated rings. The van der Waals surface area contributed by atoms with E-state index in [4.69, 9.17) is 19.5 Å². The third-order valence-electron chi connectivity index (χ3n) is 3.49.